The summed E-state index contributed by atoms with van der Waals surface area (Å²) >= 11 is 5.86. The van der Waals surface area contributed by atoms with Gasteiger partial charge in [0, 0.05) is 17.9 Å². The smallest absolute Gasteiger partial charge is 0.226 e. The molecule has 1 aromatic carbocycles. The highest BCUT2D eigenvalue weighted by Gasteiger charge is 2.33. The number of fused-ring (bicyclic) bond motifs is 1. The number of rotatable bonds is 6. The van der Waals surface area contributed by atoms with Crippen molar-refractivity contribution in [2.24, 2.45) is 0 Å². The maximum absolute atomic E-state index is 12.6. The topological polar surface area (TPSA) is 91.2 Å². The van der Waals surface area contributed by atoms with Crippen LogP contribution in [0.5, 0.6) is 11.5 Å². The van der Waals surface area contributed by atoms with Crippen molar-refractivity contribution in [1.82, 2.24) is 20.0 Å². The van der Waals surface area contributed by atoms with E-state index in [9.17, 15) is 4.79 Å². The highest BCUT2D eigenvalue weighted by molar-refractivity contribution is 6.29. The number of carbonyl (C=O) groups is 1. The number of anilines is 1. The predicted octanol–water partition coefficient (Wildman–Crippen LogP) is 4.06. The molecule has 0 aliphatic carbocycles. The lowest BCUT2D eigenvalue weighted by Gasteiger charge is -2.25. The van der Waals surface area contributed by atoms with Gasteiger partial charge in [-0.15, -0.1) is 10.2 Å². The van der Waals surface area contributed by atoms with Gasteiger partial charge in [-0.2, -0.15) is 9.78 Å². The van der Waals surface area contributed by atoms with E-state index in [2.05, 4.69) is 27.2 Å². The lowest BCUT2D eigenvalue weighted by molar-refractivity contribution is -0.116. The number of carbonyl (C=O) groups excluding carboxylic acids is 1. The first-order valence-electron chi connectivity index (χ1n) is 9.71. The second-order valence-corrected chi connectivity index (χ2v) is 7.82. The van der Waals surface area contributed by atoms with Crippen LogP contribution >= 0.6 is 11.6 Å². The fourth-order valence-corrected chi connectivity index (χ4v) is 3.74. The largest absolute Gasteiger partial charge is 0.493 e. The van der Waals surface area contributed by atoms with Crippen LogP contribution in [0.4, 0.5) is 5.82 Å². The van der Waals surface area contributed by atoms with Crippen LogP contribution in [0.1, 0.15) is 36.1 Å². The van der Waals surface area contributed by atoms with Gasteiger partial charge in [-0.1, -0.05) is 24.2 Å². The summed E-state index contributed by atoms with van der Waals surface area (Å²) in [5, 5.41) is 15.8. The molecule has 31 heavy (non-hydrogen) atoms. The van der Waals surface area contributed by atoms with E-state index in [1.807, 2.05) is 32.0 Å². The van der Waals surface area contributed by atoms with Gasteiger partial charge in [0.25, 0.3) is 0 Å². The second-order valence-electron chi connectivity index (χ2n) is 7.43. The van der Waals surface area contributed by atoms with Gasteiger partial charge in [-0.05, 0) is 49.2 Å². The summed E-state index contributed by atoms with van der Waals surface area (Å²) in [7, 11) is 1.59. The molecule has 1 aliphatic rings. The van der Waals surface area contributed by atoms with Crippen LogP contribution in [0.25, 0.3) is 5.82 Å². The SMILES string of the molecule is C=C(C)COc1ccc([C@@H]2CC(=O)Nc3c2c(C)nn3-c2ccc(Cl)nn2)cc1OC. The van der Waals surface area contributed by atoms with Gasteiger partial charge in [0.2, 0.25) is 5.91 Å². The number of hydrogen-bond donors (Lipinski definition) is 1. The van der Waals surface area contributed by atoms with E-state index in [4.69, 9.17) is 21.1 Å². The number of aryl methyl sites for hydroxylation is 1. The molecule has 1 N–H and O–H groups in total. The van der Waals surface area contributed by atoms with E-state index in [-0.39, 0.29) is 17.0 Å². The van der Waals surface area contributed by atoms with Crippen LogP contribution in [0.2, 0.25) is 5.15 Å². The van der Waals surface area contributed by atoms with Crippen molar-refractivity contribution in [3.8, 4) is 17.3 Å². The maximum atomic E-state index is 12.6. The molecule has 8 nitrogen and oxygen atoms in total. The molecule has 0 bridgehead atoms. The summed E-state index contributed by atoms with van der Waals surface area (Å²) in [4.78, 5) is 12.6. The Morgan fingerprint density at radius 3 is 2.77 bits per heavy atom. The summed E-state index contributed by atoms with van der Waals surface area (Å²) in [6.45, 7) is 8.06. The average molecular weight is 440 g/mol. The minimum absolute atomic E-state index is 0.109. The first kappa shape index (κ1) is 20.9. The minimum atomic E-state index is -0.193. The Kier molecular flexibility index (Phi) is 5.65. The van der Waals surface area contributed by atoms with E-state index in [1.165, 1.54) is 0 Å². The van der Waals surface area contributed by atoms with Crippen molar-refractivity contribution < 1.29 is 14.3 Å². The lowest BCUT2D eigenvalue weighted by atomic mass is 9.85. The Labute approximate surface area is 184 Å². The van der Waals surface area contributed by atoms with E-state index in [0.717, 1.165) is 22.4 Å². The van der Waals surface area contributed by atoms with Crippen LogP contribution in [-0.2, 0) is 4.79 Å². The second kappa shape index (κ2) is 8.39. The predicted molar refractivity (Wildman–Crippen MR) is 117 cm³/mol. The molecular weight excluding hydrogens is 418 g/mol. The van der Waals surface area contributed by atoms with Gasteiger partial charge in [-0.25, -0.2) is 0 Å². The molecular formula is C22H22ClN5O3. The first-order valence-corrected chi connectivity index (χ1v) is 10.1. The molecule has 0 radical (unpaired) electrons. The third-order valence-electron chi connectivity index (χ3n) is 5.00. The molecule has 9 heteroatoms. The number of nitrogens with one attached hydrogen (secondary N) is 1. The fraction of sp³-hybridized carbons (Fsp3) is 0.273. The summed E-state index contributed by atoms with van der Waals surface area (Å²) in [6.07, 6.45) is 0.293. The van der Waals surface area contributed by atoms with Crippen molar-refractivity contribution in [3.63, 3.8) is 0 Å². The number of halogens is 1. The molecule has 3 aromatic rings. The summed E-state index contributed by atoms with van der Waals surface area (Å²) < 4.78 is 12.9. The van der Waals surface area contributed by atoms with Crippen molar-refractivity contribution in [3.05, 3.63) is 64.5 Å². The van der Waals surface area contributed by atoms with Gasteiger partial charge < -0.3 is 14.8 Å². The van der Waals surface area contributed by atoms with Crippen molar-refractivity contribution in [2.75, 3.05) is 19.0 Å². The summed E-state index contributed by atoms with van der Waals surface area (Å²) in [6, 6.07) is 9.04. The van der Waals surface area contributed by atoms with Gasteiger partial charge in [0.05, 0.1) is 12.8 Å². The van der Waals surface area contributed by atoms with Crippen LogP contribution < -0.4 is 14.8 Å². The average Bonchev–Trinajstić information content (AvgIpc) is 3.08. The molecule has 1 atom stereocenters. The highest BCUT2D eigenvalue weighted by Crippen LogP contribution is 2.42. The number of hydrogen-bond acceptors (Lipinski definition) is 6. The number of nitrogens with zero attached hydrogens (tertiary/aromatic N) is 4. The summed E-state index contributed by atoms with van der Waals surface area (Å²) in [5.41, 5.74) is 3.56. The Morgan fingerprint density at radius 1 is 1.29 bits per heavy atom. The van der Waals surface area contributed by atoms with E-state index in [0.29, 0.717) is 36.2 Å². The van der Waals surface area contributed by atoms with Crippen LogP contribution in [-0.4, -0.2) is 39.6 Å². The lowest BCUT2D eigenvalue weighted by Crippen LogP contribution is -2.25. The van der Waals surface area contributed by atoms with E-state index < -0.39 is 0 Å². The van der Waals surface area contributed by atoms with Crippen molar-refractivity contribution in [2.45, 2.75) is 26.2 Å². The van der Waals surface area contributed by atoms with Gasteiger partial charge in [0.15, 0.2) is 22.5 Å². The molecule has 4 rings (SSSR count). The number of amides is 1. The standard InChI is InChI=1S/C22H22ClN5O3/c1-12(2)11-31-16-6-5-14(9-17(16)30-4)15-10-20(29)24-22-21(15)13(3)27-28(22)19-8-7-18(23)25-26-19/h5-9,15H,1,10-11H2,2-4H3,(H,24,29)/t15-/m0/s1. The van der Waals surface area contributed by atoms with Crippen LogP contribution in [0.3, 0.4) is 0 Å². The van der Waals surface area contributed by atoms with Gasteiger partial charge >= 0.3 is 0 Å². The van der Waals surface area contributed by atoms with Crippen molar-refractivity contribution in [1.29, 1.82) is 0 Å². The Morgan fingerprint density at radius 2 is 2.10 bits per heavy atom. The monoisotopic (exact) mass is 439 g/mol. The molecule has 0 saturated carbocycles. The molecule has 2 aromatic heterocycles. The van der Waals surface area contributed by atoms with Gasteiger partial charge in [-0.3, -0.25) is 4.79 Å². The molecule has 0 unspecified atom stereocenters. The van der Waals surface area contributed by atoms with E-state index >= 15 is 0 Å². The number of methoxy groups -OCH3 is 1. The Balaban J connectivity index is 1.76. The minimum Gasteiger partial charge on any atom is -0.493 e. The molecule has 0 saturated heterocycles. The molecule has 3 heterocycles. The first-order chi connectivity index (χ1) is 14.9. The Bertz CT molecular complexity index is 1160. The molecule has 1 amide bonds. The highest BCUT2D eigenvalue weighted by atomic mass is 35.5. The Hall–Kier alpha value is -3.39. The molecule has 0 spiro atoms. The zero-order valence-electron chi connectivity index (χ0n) is 17.5. The fourth-order valence-electron chi connectivity index (χ4n) is 3.64. The third-order valence-corrected chi connectivity index (χ3v) is 5.20. The van der Waals surface area contributed by atoms with Crippen LogP contribution in [0.15, 0.2) is 42.5 Å². The normalized spacial score (nSPS) is 15.2. The van der Waals surface area contributed by atoms with Crippen LogP contribution in [0, 0.1) is 6.92 Å². The third kappa shape index (κ3) is 4.11. The number of aromatic nitrogens is 4. The van der Waals surface area contributed by atoms with Crippen molar-refractivity contribution >= 4 is 23.3 Å². The maximum Gasteiger partial charge on any atom is 0.226 e. The quantitative estimate of drug-likeness (QED) is 0.582. The zero-order chi connectivity index (χ0) is 22.1. The molecule has 160 valence electrons. The molecule has 1 aliphatic heterocycles. The van der Waals surface area contributed by atoms with Gasteiger partial charge in [0.1, 0.15) is 12.4 Å². The zero-order valence-corrected chi connectivity index (χ0v) is 18.2. The molecule has 0 fully saturated rings. The van der Waals surface area contributed by atoms with E-state index in [1.54, 1.807) is 23.9 Å². The number of benzene rings is 1. The number of ether oxygens (including phenoxy) is 2. The summed E-state index contributed by atoms with van der Waals surface area (Å²) in [5.74, 6) is 1.97.